The Kier molecular flexibility index (Phi) is 7.23. The fourth-order valence-corrected chi connectivity index (χ4v) is 8.09. The third-order valence-corrected chi connectivity index (χ3v) is 9.89. The second kappa shape index (κ2) is 9.74. The number of methoxy groups -OCH3 is 1. The molecule has 0 N–H and O–H groups in total. The van der Waals surface area contributed by atoms with Crippen LogP contribution in [-0.2, 0) is 28.6 Å². The van der Waals surface area contributed by atoms with Gasteiger partial charge in [-0.25, -0.2) is 0 Å². The predicted molar refractivity (Wildman–Crippen MR) is 132 cm³/mol. The average Bonchev–Trinajstić information content (AvgIpc) is 3.14. The first kappa shape index (κ1) is 26.0. The summed E-state index contributed by atoms with van der Waals surface area (Å²) in [4.78, 5) is 35.5. The molecule has 0 aliphatic heterocycles. The number of carbonyl (C=O) groups excluding carboxylic acids is 3. The largest absolute Gasteiger partial charge is 0.469 e. The van der Waals surface area contributed by atoms with Gasteiger partial charge >= 0.3 is 17.9 Å². The van der Waals surface area contributed by atoms with Gasteiger partial charge in [0.2, 0.25) is 0 Å². The maximum atomic E-state index is 12.2. The summed E-state index contributed by atoms with van der Waals surface area (Å²) in [6.07, 6.45) is 10.3. The van der Waals surface area contributed by atoms with Gasteiger partial charge in [0.05, 0.1) is 7.11 Å². The fraction of sp³-hybridized carbons (Fsp3) is 0.759. The van der Waals surface area contributed by atoms with Crippen LogP contribution in [0.5, 0.6) is 0 Å². The summed E-state index contributed by atoms with van der Waals surface area (Å²) in [5.74, 6) is 1.77. The lowest BCUT2D eigenvalue weighted by Crippen LogP contribution is -2.46. The number of hydrogen-bond acceptors (Lipinski definition) is 6. The fourth-order valence-electron chi connectivity index (χ4n) is 8.09. The Balaban J connectivity index is 1.66. The van der Waals surface area contributed by atoms with Crippen LogP contribution in [-0.4, -0.2) is 31.1 Å². The minimum absolute atomic E-state index is 0.00550. The van der Waals surface area contributed by atoms with E-state index in [4.69, 9.17) is 14.2 Å². The van der Waals surface area contributed by atoms with Crippen LogP contribution >= 0.6 is 0 Å². The molecule has 0 spiro atoms. The third-order valence-electron chi connectivity index (χ3n) is 9.89. The predicted octanol–water partition coefficient (Wildman–Crippen LogP) is 5.90. The molecule has 6 nitrogen and oxygen atoms in total. The van der Waals surface area contributed by atoms with Gasteiger partial charge in [-0.2, -0.15) is 0 Å². The first-order valence-electron chi connectivity index (χ1n) is 13.4. The van der Waals surface area contributed by atoms with E-state index in [0.29, 0.717) is 24.2 Å². The van der Waals surface area contributed by atoms with Gasteiger partial charge < -0.3 is 14.2 Å². The zero-order valence-corrected chi connectivity index (χ0v) is 22.3. The Hall–Kier alpha value is -2.11. The van der Waals surface area contributed by atoms with E-state index in [1.807, 2.05) is 0 Å². The second-order valence-electron chi connectivity index (χ2n) is 11.9. The lowest BCUT2D eigenvalue weighted by Gasteiger charge is -2.54. The Morgan fingerprint density at radius 1 is 1.11 bits per heavy atom. The number of fused-ring (bicyclic) bond motifs is 5. The van der Waals surface area contributed by atoms with Crippen molar-refractivity contribution in [3.8, 4) is 0 Å². The molecule has 0 heterocycles. The molecule has 2 unspecified atom stereocenters. The molecular formula is C29H42O6. The van der Waals surface area contributed by atoms with Gasteiger partial charge in [0.25, 0.3) is 0 Å². The molecule has 4 rings (SSSR count). The molecule has 2 fully saturated rings. The van der Waals surface area contributed by atoms with Gasteiger partial charge in [-0.1, -0.05) is 26.8 Å². The van der Waals surface area contributed by atoms with Gasteiger partial charge in [0.1, 0.15) is 11.9 Å². The summed E-state index contributed by atoms with van der Waals surface area (Å²) in [7, 11) is 1.45. The van der Waals surface area contributed by atoms with Crippen molar-refractivity contribution in [3.05, 3.63) is 23.0 Å². The van der Waals surface area contributed by atoms with E-state index in [9.17, 15) is 14.4 Å². The number of ether oxygens (including phenoxy) is 3. The molecule has 194 valence electrons. The molecule has 4 aliphatic rings. The van der Waals surface area contributed by atoms with E-state index in [0.717, 1.165) is 57.1 Å². The van der Waals surface area contributed by atoms with Crippen molar-refractivity contribution in [2.75, 3.05) is 7.11 Å². The van der Waals surface area contributed by atoms with Crippen LogP contribution in [0.15, 0.2) is 23.0 Å². The number of hydrogen-bond donors (Lipinski definition) is 0. The Bertz CT molecular complexity index is 947. The monoisotopic (exact) mass is 486 g/mol. The molecule has 2 saturated carbocycles. The molecule has 0 radical (unpaired) electrons. The smallest absolute Gasteiger partial charge is 0.307 e. The highest BCUT2D eigenvalue weighted by atomic mass is 16.5. The van der Waals surface area contributed by atoms with Crippen LogP contribution in [0, 0.1) is 34.5 Å². The number of esters is 3. The van der Waals surface area contributed by atoms with Gasteiger partial charge in [-0.3, -0.25) is 14.4 Å². The molecule has 4 aliphatic carbocycles. The third kappa shape index (κ3) is 4.70. The number of allylic oxidation sites excluding steroid dienone is 4. The van der Waals surface area contributed by atoms with E-state index >= 15 is 0 Å². The van der Waals surface area contributed by atoms with Crippen molar-refractivity contribution >= 4 is 17.9 Å². The SMILES string of the molecule is COC(=O)CC[C@@H](C)[C@H]1CC[C@H]2C3=C(OC(C)=O)CC4CC(OC(C)=O)CC[C@]4(C)C3=CC[C@]12C. The van der Waals surface area contributed by atoms with Crippen LogP contribution in [0.4, 0.5) is 0 Å². The highest BCUT2D eigenvalue weighted by molar-refractivity contribution is 5.69. The molecule has 35 heavy (non-hydrogen) atoms. The van der Waals surface area contributed by atoms with Crippen LogP contribution in [0.2, 0.25) is 0 Å². The Morgan fingerprint density at radius 2 is 1.86 bits per heavy atom. The molecule has 7 atom stereocenters. The standard InChI is InChI=1S/C29H42O6/c1-17(7-10-26(32)33-6)22-8-9-23-27-24(12-14-29(22,23)5)28(4)13-11-21(34-18(2)30)15-20(28)16-25(27)35-19(3)31/h12,17,20-23H,7-11,13-16H2,1-6H3/t17-,20?,21?,22-,23+,28+,29-/m1/s1. The van der Waals surface area contributed by atoms with E-state index in [1.54, 1.807) is 0 Å². The number of carbonyl (C=O) groups is 3. The minimum Gasteiger partial charge on any atom is -0.469 e. The normalized spacial score (nSPS) is 36.8. The zero-order valence-electron chi connectivity index (χ0n) is 22.3. The average molecular weight is 487 g/mol. The first-order chi connectivity index (χ1) is 16.5. The Morgan fingerprint density at radius 3 is 2.51 bits per heavy atom. The lowest BCUT2D eigenvalue weighted by molar-refractivity contribution is -0.150. The summed E-state index contributed by atoms with van der Waals surface area (Å²) in [6, 6.07) is 0. The topological polar surface area (TPSA) is 78.9 Å². The van der Waals surface area contributed by atoms with E-state index < -0.39 is 0 Å². The molecular weight excluding hydrogens is 444 g/mol. The van der Waals surface area contributed by atoms with E-state index in [2.05, 4.69) is 26.8 Å². The molecule has 0 aromatic rings. The zero-order chi connectivity index (χ0) is 25.5. The quantitative estimate of drug-likeness (QED) is 0.344. The molecule has 0 aromatic heterocycles. The van der Waals surface area contributed by atoms with E-state index in [1.165, 1.54) is 32.1 Å². The lowest BCUT2D eigenvalue weighted by atomic mass is 9.51. The van der Waals surface area contributed by atoms with Crippen molar-refractivity contribution in [2.45, 2.75) is 98.5 Å². The van der Waals surface area contributed by atoms with Gasteiger partial charge in [0.15, 0.2) is 0 Å². The van der Waals surface area contributed by atoms with Crippen LogP contribution in [0.25, 0.3) is 0 Å². The highest BCUT2D eigenvalue weighted by Crippen LogP contribution is 2.66. The van der Waals surface area contributed by atoms with Gasteiger partial charge in [-0.15, -0.1) is 0 Å². The molecule has 0 bridgehead atoms. The minimum atomic E-state index is -0.268. The van der Waals surface area contributed by atoms with E-state index in [-0.39, 0.29) is 40.8 Å². The first-order valence-corrected chi connectivity index (χ1v) is 13.4. The van der Waals surface area contributed by atoms with Gasteiger partial charge in [0, 0.05) is 26.7 Å². The molecule has 0 saturated heterocycles. The summed E-state index contributed by atoms with van der Waals surface area (Å²) in [6.45, 7) is 10.0. The van der Waals surface area contributed by atoms with Crippen molar-refractivity contribution < 1.29 is 28.6 Å². The van der Waals surface area contributed by atoms with Crippen molar-refractivity contribution in [2.24, 2.45) is 34.5 Å². The second-order valence-corrected chi connectivity index (χ2v) is 11.9. The highest BCUT2D eigenvalue weighted by Gasteiger charge is 2.57. The summed E-state index contributed by atoms with van der Waals surface area (Å²) in [5, 5.41) is 0. The van der Waals surface area contributed by atoms with Gasteiger partial charge in [-0.05, 0) is 90.6 Å². The number of rotatable bonds is 6. The maximum absolute atomic E-state index is 12.2. The summed E-state index contributed by atoms with van der Waals surface area (Å²) >= 11 is 0. The molecule has 0 amide bonds. The van der Waals surface area contributed by atoms with Crippen LogP contribution in [0.1, 0.15) is 92.4 Å². The molecule has 0 aromatic carbocycles. The summed E-state index contributed by atoms with van der Waals surface area (Å²) < 4.78 is 16.4. The van der Waals surface area contributed by atoms with Crippen LogP contribution in [0.3, 0.4) is 0 Å². The maximum Gasteiger partial charge on any atom is 0.307 e. The van der Waals surface area contributed by atoms with Crippen LogP contribution < -0.4 is 0 Å². The molecule has 6 heteroatoms. The van der Waals surface area contributed by atoms with Crippen molar-refractivity contribution in [1.29, 1.82) is 0 Å². The van der Waals surface area contributed by atoms with Crippen molar-refractivity contribution in [3.63, 3.8) is 0 Å². The summed E-state index contributed by atoms with van der Waals surface area (Å²) in [5.41, 5.74) is 2.74. The Labute approximate surface area is 209 Å². The van der Waals surface area contributed by atoms with Crippen molar-refractivity contribution in [1.82, 2.24) is 0 Å².